The second-order valence-corrected chi connectivity index (χ2v) is 17.7. The number of hydrogen-bond donors (Lipinski definition) is 0. The fourth-order valence-electron chi connectivity index (χ4n) is 10.7. The Morgan fingerprint density at radius 1 is 0.265 bits per heavy atom. The molecule has 14 aromatic rings. The monoisotopic (exact) mass is 864 g/mol. The van der Waals surface area contributed by atoms with Crippen molar-refractivity contribution in [3.63, 3.8) is 0 Å². The maximum Gasteiger partial charge on any atom is 0.160 e. The van der Waals surface area contributed by atoms with Crippen molar-refractivity contribution in [3.8, 4) is 56.4 Å². The molecule has 0 spiro atoms. The molecular weight excluding hydrogens is 825 g/mol. The number of benzene rings is 11. The molecule has 4 heteroatoms. The van der Waals surface area contributed by atoms with Crippen molar-refractivity contribution in [3.05, 3.63) is 243 Å². The number of para-hydroxylation sites is 3. The Labute approximate surface area is 392 Å². The smallest absolute Gasteiger partial charge is 0.160 e. The summed E-state index contributed by atoms with van der Waals surface area (Å²) in [5, 5.41) is 12.1. The zero-order valence-corrected chi connectivity index (χ0v) is 36.9. The first-order chi connectivity index (χ1) is 33.7. The molecule has 14 rings (SSSR count). The Morgan fingerprint density at radius 2 is 0.765 bits per heavy atom. The van der Waals surface area contributed by atoms with Gasteiger partial charge in [-0.2, -0.15) is 0 Å². The third-order valence-corrected chi connectivity index (χ3v) is 13.9. The molecule has 0 amide bonds. The summed E-state index contributed by atoms with van der Waals surface area (Å²) in [5.41, 5.74) is 14.2. The minimum absolute atomic E-state index is 0.682. The Bertz CT molecular complexity index is 4250. The van der Waals surface area contributed by atoms with Gasteiger partial charge in [0.05, 0.1) is 33.5 Å². The molecule has 11 aromatic carbocycles. The van der Waals surface area contributed by atoms with Crippen molar-refractivity contribution in [2.75, 3.05) is 0 Å². The van der Waals surface area contributed by atoms with Crippen LogP contribution in [0.3, 0.4) is 0 Å². The Hall–Kier alpha value is -9.12. The normalized spacial score (nSPS) is 11.8. The van der Waals surface area contributed by atoms with Gasteiger partial charge < -0.3 is 9.13 Å². The van der Waals surface area contributed by atoms with Crippen LogP contribution in [0, 0.1) is 0 Å². The molecule has 3 aromatic heterocycles. The fourth-order valence-corrected chi connectivity index (χ4v) is 10.7. The molecule has 0 aliphatic carbocycles. The van der Waals surface area contributed by atoms with E-state index in [0.717, 1.165) is 50.4 Å². The van der Waals surface area contributed by atoms with Gasteiger partial charge in [0.1, 0.15) is 0 Å². The van der Waals surface area contributed by atoms with Crippen molar-refractivity contribution >= 4 is 75.9 Å². The van der Waals surface area contributed by atoms with E-state index in [0.29, 0.717) is 5.82 Å². The van der Waals surface area contributed by atoms with Crippen molar-refractivity contribution in [2.24, 2.45) is 0 Å². The zero-order valence-electron chi connectivity index (χ0n) is 36.9. The Balaban J connectivity index is 0.940. The van der Waals surface area contributed by atoms with Gasteiger partial charge in [0.25, 0.3) is 0 Å². The largest absolute Gasteiger partial charge is 0.309 e. The number of fused-ring (bicyclic) bond motifs is 10. The molecule has 0 saturated carbocycles. The minimum atomic E-state index is 0.682. The van der Waals surface area contributed by atoms with Crippen molar-refractivity contribution in [2.45, 2.75) is 0 Å². The van der Waals surface area contributed by atoms with Gasteiger partial charge >= 0.3 is 0 Å². The molecule has 0 radical (unpaired) electrons. The lowest BCUT2D eigenvalue weighted by molar-refractivity contribution is 1.17. The van der Waals surface area contributed by atoms with E-state index in [4.69, 9.17) is 9.97 Å². The van der Waals surface area contributed by atoms with E-state index >= 15 is 0 Å². The molecule has 3 heterocycles. The van der Waals surface area contributed by atoms with E-state index in [-0.39, 0.29) is 0 Å². The van der Waals surface area contributed by atoms with Gasteiger partial charge in [-0.05, 0) is 93.2 Å². The highest BCUT2D eigenvalue weighted by Gasteiger charge is 2.20. The van der Waals surface area contributed by atoms with Gasteiger partial charge in [-0.1, -0.05) is 182 Å². The van der Waals surface area contributed by atoms with Crippen LogP contribution < -0.4 is 0 Å². The highest BCUT2D eigenvalue weighted by atomic mass is 15.0. The Kier molecular flexibility index (Phi) is 8.55. The second kappa shape index (κ2) is 15.2. The molecule has 4 nitrogen and oxygen atoms in total. The number of aromatic nitrogens is 4. The fraction of sp³-hybridized carbons (Fsp3) is 0. The Morgan fingerprint density at radius 3 is 1.51 bits per heavy atom. The molecule has 0 bridgehead atoms. The van der Waals surface area contributed by atoms with E-state index in [1.54, 1.807) is 0 Å². The predicted molar refractivity (Wildman–Crippen MR) is 285 cm³/mol. The quantitative estimate of drug-likeness (QED) is 0.167. The van der Waals surface area contributed by atoms with Gasteiger partial charge in [-0.25, -0.2) is 9.97 Å². The van der Waals surface area contributed by atoms with Gasteiger partial charge in [0, 0.05) is 60.6 Å². The molecule has 0 atom stereocenters. The first-order valence-electron chi connectivity index (χ1n) is 23.2. The maximum absolute atomic E-state index is 5.34. The second-order valence-electron chi connectivity index (χ2n) is 17.7. The molecule has 316 valence electrons. The molecule has 0 aliphatic rings. The first-order valence-corrected chi connectivity index (χ1v) is 23.2. The molecule has 0 fully saturated rings. The molecular formula is C64H40N4. The van der Waals surface area contributed by atoms with E-state index in [1.165, 1.54) is 76.1 Å². The van der Waals surface area contributed by atoms with Crippen LogP contribution in [-0.2, 0) is 0 Å². The van der Waals surface area contributed by atoms with E-state index < -0.39 is 0 Å². The SMILES string of the molecule is c1ccc2cc(-c3cc(-c4cccc5ccccc45)nc(-c4ccc(-n5c6c(-c7ccc(-n8c9ccccc9c9ccccc98)cc7)cccc6c6ccc7ccccc7c65)cc4)n3)ccc2c1. The third kappa shape index (κ3) is 6.01. The van der Waals surface area contributed by atoms with Crippen LogP contribution in [0.5, 0.6) is 0 Å². The third-order valence-electron chi connectivity index (χ3n) is 13.9. The van der Waals surface area contributed by atoms with Crippen molar-refractivity contribution in [1.82, 2.24) is 19.1 Å². The van der Waals surface area contributed by atoms with Gasteiger partial charge in [0.2, 0.25) is 0 Å². The van der Waals surface area contributed by atoms with Crippen LogP contribution in [0.2, 0.25) is 0 Å². The summed E-state index contributed by atoms with van der Waals surface area (Å²) < 4.78 is 4.85. The van der Waals surface area contributed by atoms with Crippen LogP contribution in [0.15, 0.2) is 243 Å². The van der Waals surface area contributed by atoms with Crippen LogP contribution >= 0.6 is 0 Å². The molecule has 68 heavy (non-hydrogen) atoms. The van der Waals surface area contributed by atoms with Crippen molar-refractivity contribution < 1.29 is 0 Å². The van der Waals surface area contributed by atoms with E-state index in [2.05, 4.69) is 252 Å². The van der Waals surface area contributed by atoms with Gasteiger partial charge in [-0.3, -0.25) is 0 Å². The first kappa shape index (κ1) is 38.2. The molecule has 0 saturated heterocycles. The summed E-state index contributed by atoms with van der Waals surface area (Å²) >= 11 is 0. The number of nitrogens with zero attached hydrogens (tertiary/aromatic N) is 4. The molecule has 0 aliphatic heterocycles. The van der Waals surface area contributed by atoms with Crippen LogP contribution in [-0.4, -0.2) is 19.1 Å². The average molecular weight is 865 g/mol. The summed E-state index contributed by atoms with van der Waals surface area (Å²) in [6, 6.07) is 87.6. The van der Waals surface area contributed by atoms with Crippen LogP contribution in [0.25, 0.3) is 132 Å². The van der Waals surface area contributed by atoms with Gasteiger partial charge in [-0.15, -0.1) is 0 Å². The number of rotatable bonds is 6. The average Bonchev–Trinajstić information content (AvgIpc) is 3.94. The minimum Gasteiger partial charge on any atom is -0.309 e. The van der Waals surface area contributed by atoms with Crippen LogP contribution in [0.4, 0.5) is 0 Å². The van der Waals surface area contributed by atoms with E-state index in [1.807, 2.05) is 0 Å². The summed E-state index contributed by atoms with van der Waals surface area (Å²) in [7, 11) is 0. The highest BCUT2D eigenvalue weighted by Crippen LogP contribution is 2.42. The lowest BCUT2D eigenvalue weighted by Gasteiger charge is -2.15. The summed E-state index contributed by atoms with van der Waals surface area (Å²) in [5.74, 6) is 0.682. The summed E-state index contributed by atoms with van der Waals surface area (Å²) in [6.07, 6.45) is 0. The zero-order chi connectivity index (χ0) is 44.7. The summed E-state index contributed by atoms with van der Waals surface area (Å²) in [4.78, 5) is 10.7. The van der Waals surface area contributed by atoms with Crippen molar-refractivity contribution in [1.29, 1.82) is 0 Å². The lowest BCUT2D eigenvalue weighted by Crippen LogP contribution is -1.99. The predicted octanol–water partition coefficient (Wildman–Crippen LogP) is 16.8. The molecule has 0 unspecified atom stereocenters. The highest BCUT2D eigenvalue weighted by molar-refractivity contribution is 6.21. The molecule has 0 N–H and O–H groups in total. The van der Waals surface area contributed by atoms with Crippen LogP contribution in [0.1, 0.15) is 0 Å². The maximum atomic E-state index is 5.34. The lowest BCUT2D eigenvalue weighted by atomic mass is 9.99. The standard InChI is InChI=1S/C64H40N4/c1-2-16-46-39-47(28-27-41(46)13-1)58-40-59(53-23-11-17-42-14-3-5-18-50(42)53)66-64(65-58)45-31-36-49(37-32-45)68-62-52(22-12-24-56(62)57-38-33-43-15-4-6-19-51(43)63(57)68)44-29-34-48(35-30-44)67-60-25-9-7-20-54(60)55-21-8-10-26-61(55)67/h1-40H. The number of hydrogen-bond acceptors (Lipinski definition) is 2. The summed E-state index contributed by atoms with van der Waals surface area (Å²) in [6.45, 7) is 0. The topological polar surface area (TPSA) is 35.6 Å². The van der Waals surface area contributed by atoms with E-state index in [9.17, 15) is 0 Å². The van der Waals surface area contributed by atoms with Gasteiger partial charge in [0.15, 0.2) is 5.82 Å².